The van der Waals surface area contributed by atoms with Crippen LogP contribution in [0.25, 0.3) is 11.1 Å². The highest BCUT2D eigenvalue weighted by molar-refractivity contribution is 7.99. The van der Waals surface area contributed by atoms with Gasteiger partial charge in [0.1, 0.15) is 11.1 Å². The van der Waals surface area contributed by atoms with Gasteiger partial charge in [-0.3, -0.25) is 0 Å². The Morgan fingerprint density at radius 1 is 1.07 bits per heavy atom. The van der Waals surface area contributed by atoms with Gasteiger partial charge in [-0.05, 0) is 59.9 Å². The van der Waals surface area contributed by atoms with E-state index in [2.05, 4.69) is 4.98 Å². The standard InChI is InChI=1S/C23H22N2O3S2/c1-29-14-12-20(24)23(27)28-22(26)18-11-10-17(30-21-9-5-6-13-25-21)15-19(18)16-7-3-2-4-8-16/h2-11,13,15,20H,12,14,24H2,1H3/t20-/m0/s1. The summed E-state index contributed by atoms with van der Waals surface area (Å²) in [6.07, 6.45) is 4.12. The van der Waals surface area contributed by atoms with E-state index in [1.165, 1.54) is 11.8 Å². The van der Waals surface area contributed by atoms with E-state index >= 15 is 0 Å². The topological polar surface area (TPSA) is 82.3 Å². The van der Waals surface area contributed by atoms with Crippen molar-refractivity contribution in [1.82, 2.24) is 4.98 Å². The first kappa shape index (κ1) is 22.1. The van der Waals surface area contributed by atoms with Crippen LogP contribution in [-0.4, -0.2) is 35.0 Å². The molecule has 0 aliphatic heterocycles. The molecule has 0 saturated carbocycles. The molecule has 1 atom stereocenters. The van der Waals surface area contributed by atoms with Crippen molar-refractivity contribution in [3.8, 4) is 11.1 Å². The van der Waals surface area contributed by atoms with E-state index in [1.807, 2.05) is 66.9 Å². The van der Waals surface area contributed by atoms with Crippen LogP contribution in [0, 0.1) is 0 Å². The fourth-order valence-electron chi connectivity index (χ4n) is 2.73. The highest BCUT2D eigenvalue weighted by atomic mass is 32.2. The summed E-state index contributed by atoms with van der Waals surface area (Å²) in [5, 5.41) is 0.849. The third-order valence-corrected chi connectivity index (χ3v) is 5.87. The lowest BCUT2D eigenvalue weighted by Gasteiger charge is -2.13. The molecule has 0 bridgehead atoms. The van der Waals surface area contributed by atoms with E-state index in [9.17, 15) is 9.59 Å². The lowest BCUT2D eigenvalue weighted by atomic mass is 10.00. The minimum atomic E-state index is -0.819. The Morgan fingerprint density at radius 2 is 1.83 bits per heavy atom. The normalized spacial score (nSPS) is 11.7. The SMILES string of the molecule is CSCC[C@H](N)C(=O)OC(=O)c1ccc(Sc2ccccn2)cc1-c1ccccc1. The highest BCUT2D eigenvalue weighted by Crippen LogP contribution is 2.32. The Hall–Kier alpha value is -2.61. The van der Waals surface area contributed by atoms with Crippen LogP contribution in [0.2, 0.25) is 0 Å². The summed E-state index contributed by atoms with van der Waals surface area (Å²) in [5.41, 5.74) is 7.70. The van der Waals surface area contributed by atoms with E-state index in [1.54, 1.807) is 24.0 Å². The van der Waals surface area contributed by atoms with Gasteiger partial charge in [-0.25, -0.2) is 14.6 Å². The highest BCUT2D eigenvalue weighted by Gasteiger charge is 2.22. The number of thioether (sulfide) groups is 1. The zero-order valence-corrected chi connectivity index (χ0v) is 18.1. The minimum Gasteiger partial charge on any atom is -0.388 e. The van der Waals surface area contributed by atoms with Crippen LogP contribution in [0.5, 0.6) is 0 Å². The first-order valence-corrected chi connectivity index (χ1v) is 11.6. The van der Waals surface area contributed by atoms with Crippen LogP contribution in [0.1, 0.15) is 16.8 Å². The molecule has 0 saturated heterocycles. The number of nitrogens with two attached hydrogens (primary N) is 1. The average molecular weight is 439 g/mol. The zero-order chi connectivity index (χ0) is 21.3. The van der Waals surface area contributed by atoms with Gasteiger partial charge >= 0.3 is 11.9 Å². The number of pyridine rings is 1. The van der Waals surface area contributed by atoms with Gasteiger partial charge in [0.05, 0.1) is 5.56 Å². The predicted molar refractivity (Wildman–Crippen MR) is 122 cm³/mol. The molecule has 0 fully saturated rings. The molecule has 2 N–H and O–H groups in total. The number of nitrogens with zero attached hydrogens (tertiary/aromatic N) is 1. The van der Waals surface area contributed by atoms with Crippen LogP contribution in [0.3, 0.4) is 0 Å². The van der Waals surface area contributed by atoms with E-state index in [0.29, 0.717) is 17.5 Å². The molecule has 0 amide bonds. The van der Waals surface area contributed by atoms with E-state index in [0.717, 1.165) is 21.2 Å². The Balaban J connectivity index is 1.87. The van der Waals surface area contributed by atoms with Gasteiger partial charge in [0.25, 0.3) is 0 Å². The fourth-order valence-corrected chi connectivity index (χ4v) is 4.04. The molecule has 3 aromatic rings. The largest absolute Gasteiger partial charge is 0.388 e. The molecule has 0 radical (unpaired) electrons. The summed E-state index contributed by atoms with van der Waals surface area (Å²) in [7, 11) is 0. The van der Waals surface area contributed by atoms with Gasteiger partial charge in [-0.15, -0.1) is 0 Å². The summed E-state index contributed by atoms with van der Waals surface area (Å²) in [5.74, 6) is -0.688. The molecule has 0 aliphatic rings. The minimum absolute atomic E-state index is 0.317. The third kappa shape index (κ3) is 5.95. The van der Waals surface area contributed by atoms with Crippen LogP contribution in [0.4, 0.5) is 0 Å². The lowest BCUT2D eigenvalue weighted by Crippen LogP contribution is -2.34. The number of esters is 2. The number of rotatable bonds is 8. The summed E-state index contributed by atoms with van der Waals surface area (Å²) in [6, 6.07) is 19.8. The van der Waals surface area contributed by atoms with Crippen LogP contribution >= 0.6 is 23.5 Å². The zero-order valence-electron chi connectivity index (χ0n) is 16.5. The van der Waals surface area contributed by atoms with Gasteiger partial charge in [0, 0.05) is 11.1 Å². The maximum absolute atomic E-state index is 12.8. The molecule has 154 valence electrons. The monoisotopic (exact) mass is 438 g/mol. The molecule has 2 aromatic carbocycles. The smallest absolute Gasteiger partial charge is 0.346 e. The molecule has 7 heteroatoms. The first-order valence-electron chi connectivity index (χ1n) is 9.37. The number of carbonyl (C=O) groups excluding carboxylic acids is 2. The van der Waals surface area contributed by atoms with E-state index < -0.39 is 18.0 Å². The lowest BCUT2D eigenvalue weighted by molar-refractivity contribution is -0.139. The summed E-state index contributed by atoms with van der Waals surface area (Å²) in [6.45, 7) is 0. The Morgan fingerprint density at radius 3 is 2.53 bits per heavy atom. The quantitative estimate of drug-likeness (QED) is 0.404. The van der Waals surface area contributed by atoms with Crippen LogP contribution < -0.4 is 5.73 Å². The summed E-state index contributed by atoms with van der Waals surface area (Å²) >= 11 is 3.08. The number of hydrogen-bond acceptors (Lipinski definition) is 7. The average Bonchev–Trinajstić information content (AvgIpc) is 2.78. The van der Waals surface area contributed by atoms with Gasteiger partial charge in [-0.1, -0.05) is 48.2 Å². The number of carbonyl (C=O) groups is 2. The Bertz CT molecular complexity index is 998. The van der Waals surface area contributed by atoms with Crippen molar-refractivity contribution in [2.75, 3.05) is 12.0 Å². The van der Waals surface area contributed by atoms with Gasteiger partial charge in [-0.2, -0.15) is 11.8 Å². The predicted octanol–water partition coefficient (Wildman–Crippen LogP) is 4.66. The molecule has 1 aromatic heterocycles. The first-order chi connectivity index (χ1) is 14.6. The maximum Gasteiger partial charge on any atom is 0.346 e. The summed E-state index contributed by atoms with van der Waals surface area (Å²) in [4.78, 5) is 30.2. The second-order valence-electron chi connectivity index (χ2n) is 6.44. The van der Waals surface area contributed by atoms with Crippen molar-refractivity contribution in [3.05, 3.63) is 78.5 Å². The molecule has 0 unspecified atom stereocenters. The second-order valence-corrected chi connectivity index (χ2v) is 8.52. The molecular weight excluding hydrogens is 416 g/mol. The van der Waals surface area contributed by atoms with Crippen molar-refractivity contribution in [2.45, 2.75) is 22.4 Å². The van der Waals surface area contributed by atoms with E-state index in [-0.39, 0.29) is 0 Å². The van der Waals surface area contributed by atoms with Crippen molar-refractivity contribution < 1.29 is 14.3 Å². The maximum atomic E-state index is 12.8. The number of benzene rings is 2. The molecule has 0 aliphatic carbocycles. The fraction of sp³-hybridized carbons (Fsp3) is 0.174. The summed E-state index contributed by atoms with van der Waals surface area (Å²) < 4.78 is 5.08. The molecular formula is C23H22N2O3S2. The van der Waals surface area contributed by atoms with Crippen molar-refractivity contribution in [3.63, 3.8) is 0 Å². The third-order valence-electron chi connectivity index (χ3n) is 4.28. The van der Waals surface area contributed by atoms with Crippen molar-refractivity contribution >= 4 is 35.5 Å². The number of aromatic nitrogens is 1. The number of ether oxygens (including phenoxy) is 1. The Kier molecular flexibility index (Phi) is 8.07. The van der Waals surface area contributed by atoms with E-state index in [4.69, 9.17) is 10.5 Å². The molecule has 1 heterocycles. The number of hydrogen-bond donors (Lipinski definition) is 1. The van der Waals surface area contributed by atoms with Crippen molar-refractivity contribution in [1.29, 1.82) is 0 Å². The van der Waals surface area contributed by atoms with Gasteiger partial charge < -0.3 is 10.5 Å². The second kappa shape index (κ2) is 11.0. The van der Waals surface area contributed by atoms with Gasteiger partial charge in [0.15, 0.2) is 0 Å². The van der Waals surface area contributed by atoms with Crippen molar-refractivity contribution in [2.24, 2.45) is 5.73 Å². The van der Waals surface area contributed by atoms with Gasteiger partial charge in [0.2, 0.25) is 0 Å². The molecule has 30 heavy (non-hydrogen) atoms. The van der Waals surface area contributed by atoms with Crippen LogP contribution in [0.15, 0.2) is 82.8 Å². The van der Waals surface area contributed by atoms with Crippen LogP contribution in [-0.2, 0) is 9.53 Å². The molecule has 5 nitrogen and oxygen atoms in total. The molecule has 3 rings (SSSR count). The molecule has 0 spiro atoms. The Labute approximate surface area is 184 Å².